The lowest BCUT2D eigenvalue weighted by Crippen LogP contribution is -2.44. The summed E-state index contributed by atoms with van der Waals surface area (Å²) in [6.07, 6.45) is 1.47. The molecule has 25 heavy (non-hydrogen) atoms. The van der Waals surface area contributed by atoms with Crippen molar-refractivity contribution in [1.82, 2.24) is 4.90 Å². The van der Waals surface area contributed by atoms with Gasteiger partial charge in [0.1, 0.15) is 23.5 Å². The number of carbonyl (C=O) groups excluding carboxylic acids is 1. The number of halogens is 2. The number of nitrogens with one attached hydrogen (secondary N) is 1. The molecular weight excluding hydrogens is 326 g/mol. The Hall–Kier alpha value is -2.63. The minimum Gasteiger partial charge on any atom is -0.490 e. The first-order valence-electron chi connectivity index (χ1n) is 8.29. The summed E-state index contributed by atoms with van der Waals surface area (Å²) in [5.41, 5.74) is 0.586. The predicted molar refractivity (Wildman–Crippen MR) is 91.5 cm³/mol. The molecule has 0 atom stereocenters. The first-order valence-corrected chi connectivity index (χ1v) is 8.29. The molecule has 0 unspecified atom stereocenters. The summed E-state index contributed by atoms with van der Waals surface area (Å²) >= 11 is 0. The molecule has 1 N–H and O–H groups in total. The second-order valence-electron chi connectivity index (χ2n) is 6.02. The molecule has 1 aliphatic rings. The van der Waals surface area contributed by atoms with Gasteiger partial charge in [0.05, 0.1) is 6.54 Å². The van der Waals surface area contributed by atoms with E-state index < -0.39 is 0 Å². The lowest BCUT2D eigenvalue weighted by molar-refractivity contribution is -0.131. The maximum Gasteiger partial charge on any atom is 0.241 e. The Kier molecular flexibility index (Phi) is 5.48. The average Bonchev–Trinajstić information content (AvgIpc) is 2.62. The normalized spacial score (nSPS) is 15.0. The standard InChI is InChI=1S/C19H20F2N2O2/c20-14-4-6-17(7-5-14)25-18-8-10-23(11-9-18)19(24)13-22-16-3-1-2-15(21)12-16/h1-7,12,18,22H,8-11,13H2. The summed E-state index contributed by atoms with van der Waals surface area (Å²) in [7, 11) is 0. The highest BCUT2D eigenvalue weighted by Gasteiger charge is 2.23. The van der Waals surface area contributed by atoms with Crippen LogP contribution in [-0.2, 0) is 4.79 Å². The molecule has 132 valence electrons. The molecule has 0 aliphatic carbocycles. The summed E-state index contributed by atoms with van der Waals surface area (Å²) in [6, 6.07) is 12.0. The smallest absolute Gasteiger partial charge is 0.241 e. The van der Waals surface area contributed by atoms with Crippen molar-refractivity contribution in [3.8, 4) is 5.75 Å². The molecule has 2 aromatic carbocycles. The van der Waals surface area contributed by atoms with Gasteiger partial charge in [0.25, 0.3) is 0 Å². The van der Waals surface area contributed by atoms with Gasteiger partial charge in [0, 0.05) is 31.6 Å². The summed E-state index contributed by atoms with van der Waals surface area (Å²) in [6.45, 7) is 1.35. The van der Waals surface area contributed by atoms with Crippen LogP contribution in [0.5, 0.6) is 5.75 Å². The van der Waals surface area contributed by atoms with Gasteiger partial charge < -0.3 is 15.0 Å². The quantitative estimate of drug-likeness (QED) is 0.902. The zero-order valence-electron chi connectivity index (χ0n) is 13.8. The van der Waals surface area contributed by atoms with Gasteiger partial charge in [-0.15, -0.1) is 0 Å². The topological polar surface area (TPSA) is 41.6 Å². The van der Waals surface area contributed by atoms with Crippen LogP contribution >= 0.6 is 0 Å². The molecule has 1 saturated heterocycles. The Balaban J connectivity index is 1.43. The summed E-state index contributed by atoms with van der Waals surface area (Å²) in [5.74, 6) is -0.0155. The molecule has 4 nitrogen and oxygen atoms in total. The number of hydrogen-bond donors (Lipinski definition) is 1. The van der Waals surface area contributed by atoms with Crippen molar-refractivity contribution < 1.29 is 18.3 Å². The first-order chi connectivity index (χ1) is 12.1. The lowest BCUT2D eigenvalue weighted by atomic mass is 10.1. The Morgan fingerprint density at radius 2 is 1.80 bits per heavy atom. The molecule has 0 saturated carbocycles. The number of benzene rings is 2. The van der Waals surface area contributed by atoms with Crippen molar-refractivity contribution in [1.29, 1.82) is 0 Å². The molecule has 0 aromatic heterocycles. The van der Waals surface area contributed by atoms with Crippen molar-refractivity contribution >= 4 is 11.6 Å². The Bertz CT molecular complexity index is 714. The van der Waals surface area contributed by atoms with Crippen LogP contribution in [0.3, 0.4) is 0 Å². The number of amides is 1. The minimum atomic E-state index is -0.337. The largest absolute Gasteiger partial charge is 0.490 e. The minimum absolute atomic E-state index is 0.0192. The molecule has 1 fully saturated rings. The van der Waals surface area contributed by atoms with Gasteiger partial charge >= 0.3 is 0 Å². The predicted octanol–water partition coefficient (Wildman–Crippen LogP) is 3.45. The van der Waals surface area contributed by atoms with E-state index in [0.717, 1.165) is 12.8 Å². The number of nitrogens with zero attached hydrogens (tertiary/aromatic N) is 1. The van der Waals surface area contributed by atoms with Gasteiger partial charge in [0.15, 0.2) is 0 Å². The summed E-state index contributed by atoms with van der Waals surface area (Å²) in [5, 5.41) is 2.94. The van der Waals surface area contributed by atoms with Gasteiger partial charge in [-0.25, -0.2) is 8.78 Å². The molecule has 0 spiro atoms. The fourth-order valence-corrected chi connectivity index (χ4v) is 2.82. The molecule has 0 radical (unpaired) electrons. The van der Waals surface area contributed by atoms with Gasteiger partial charge in [-0.1, -0.05) is 6.07 Å². The fraction of sp³-hybridized carbons (Fsp3) is 0.316. The fourth-order valence-electron chi connectivity index (χ4n) is 2.82. The van der Waals surface area contributed by atoms with Crippen LogP contribution in [0.15, 0.2) is 48.5 Å². The number of rotatable bonds is 5. The molecule has 1 aliphatic heterocycles. The summed E-state index contributed by atoms with van der Waals surface area (Å²) < 4.78 is 31.8. The zero-order valence-corrected chi connectivity index (χ0v) is 13.8. The van der Waals surface area contributed by atoms with Crippen LogP contribution in [0, 0.1) is 11.6 Å². The molecule has 1 heterocycles. The van der Waals surface area contributed by atoms with Crippen LogP contribution < -0.4 is 10.1 Å². The number of ether oxygens (including phenoxy) is 1. The van der Waals surface area contributed by atoms with E-state index in [1.54, 1.807) is 29.2 Å². The molecule has 3 rings (SSSR count). The number of carbonyl (C=O) groups is 1. The van der Waals surface area contributed by atoms with Crippen LogP contribution in [0.25, 0.3) is 0 Å². The molecule has 0 bridgehead atoms. The maximum atomic E-state index is 13.1. The highest BCUT2D eigenvalue weighted by atomic mass is 19.1. The van der Waals surface area contributed by atoms with Crippen LogP contribution in [-0.4, -0.2) is 36.5 Å². The van der Waals surface area contributed by atoms with Gasteiger partial charge in [-0.05, 0) is 42.5 Å². The SMILES string of the molecule is O=C(CNc1cccc(F)c1)N1CCC(Oc2ccc(F)cc2)CC1. The third-order valence-electron chi connectivity index (χ3n) is 4.18. The number of anilines is 1. The number of piperidine rings is 1. The Morgan fingerprint density at radius 1 is 1.08 bits per heavy atom. The zero-order chi connectivity index (χ0) is 17.6. The van der Waals surface area contributed by atoms with Crippen molar-refractivity contribution in [2.24, 2.45) is 0 Å². The van der Waals surface area contributed by atoms with Crippen LogP contribution in [0.1, 0.15) is 12.8 Å². The van der Waals surface area contributed by atoms with E-state index in [-0.39, 0.29) is 30.2 Å². The molecular formula is C19H20F2N2O2. The third-order valence-corrected chi connectivity index (χ3v) is 4.18. The van der Waals surface area contributed by atoms with Crippen LogP contribution in [0.2, 0.25) is 0 Å². The van der Waals surface area contributed by atoms with Gasteiger partial charge in [-0.3, -0.25) is 4.79 Å². The summed E-state index contributed by atoms with van der Waals surface area (Å²) in [4.78, 5) is 14.0. The van der Waals surface area contributed by atoms with Gasteiger partial charge in [-0.2, -0.15) is 0 Å². The molecule has 6 heteroatoms. The van der Waals surface area contributed by atoms with Crippen molar-refractivity contribution in [2.45, 2.75) is 18.9 Å². The van der Waals surface area contributed by atoms with E-state index in [9.17, 15) is 13.6 Å². The maximum absolute atomic E-state index is 13.1. The van der Waals surface area contributed by atoms with Crippen molar-refractivity contribution in [3.63, 3.8) is 0 Å². The van der Waals surface area contributed by atoms with Gasteiger partial charge in [0.2, 0.25) is 5.91 Å². The number of likely N-dealkylation sites (tertiary alicyclic amines) is 1. The highest BCUT2D eigenvalue weighted by Crippen LogP contribution is 2.19. The van der Waals surface area contributed by atoms with E-state index in [1.807, 2.05) is 0 Å². The Morgan fingerprint density at radius 3 is 2.48 bits per heavy atom. The van der Waals surface area contributed by atoms with E-state index in [1.165, 1.54) is 24.3 Å². The molecule has 2 aromatic rings. The van der Waals surface area contributed by atoms with E-state index in [0.29, 0.717) is 24.5 Å². The van der Waals surface area contributed by atoms with E-state index in [2.05, 4.69) is 5.32 Å². The average molecular weight is 346 g/mol. The highest BCUT2D eigenvalue weighted by molar-refractivity contribution is 5.80. The second-order valence-corrected chi connectivity index (χ2v) is 6.02. The monoisotopic (exact) mass is 346 g/mol. The second kappa shape index (κ2) is 7.96. The van der Waals surface area contributed by atoms with Crippen molar-refractivity contribution in [3.05, 3.63) is 60.2 Å². The van der Waals surface area contributed by atoms with E-state index >= 15 is 0 Å². The lowest BCUT2D eigenvalue weighted by Gasteiger charge is -2.32. The Labute approximate surface area is 145 Å². The van der Waals surface area contributed by atoms with E-state index in [4.69, 9.17) is 4.74 Å². The first kappa shape index (κ1) is 17.2. The van der Waals surface area contributed by atoms with Crippen molar-refractivity contribution in [2.75, 3.05) is 25.0 Å². The third kappa shape index (κ3) is 4.92. The number of hydrogen-bond acceptors (Lipinski definition) is 3. The molecule has 1 amide bonds. The van der Waals surface area contributed by atoms with Crippen LogP contribution in [0.4, 0.5) is 14.5 Å².